The van der Waals surface area contributed by atoms with Gasteiger partial charge in [-0.3, -0.25) is 0 Å². The van der Waals surface area contributed by atoms with Gasteiger partial charge in [0.2, 0.25) is 0 Å². The summed E-state index contributed by atoms with van der Waals surface area (Å²) in [7, 11) is 0. The second kappa shape index (κ2) is 3.62. The van der Waals surface area contributed by atoms with Gasteiger partial charge in [0.25, 0.3) is 0 Å². The molecule has 0 aliphatic rings. The van der Waals surface area contributed by atoms with E-state index in [2.05, 4.69) is 41.9 Å². The van der Waals surface area contributed by atoms with E-state index >= 15 is 0 Å². The fourth-order valence-electron chi connectivity index (χ4n) is 0.890. The summed E-state index contributed by atoms with van der Waals surface area (Å²) in [6, 6.07) is 1.81. The van der Waals surface area contributed by atoms with Crippen LogP contribution in [0.3, 0.4) is 0 Å². The number of hydrogen-bond donors (Lipinski definition) is 0. The maximum Gasteiger partial charge on any atom is 0.192 e. The topological polar surface area (TPSA) is 51.6 Å². The molecule has 2 aromatic rings. The lowest BCUT2D eigenvalue weighted by Crippen LogP contribution is -1.90. The van der Waals surface area contributed by atoms with Gasteiger partial charge in [0.15, 0.2) is 8.84 Å². The maximum atomic E-state index is 4.23. The standard InChI is InChI=1S/C7H5IN4S/c1-4-9-3-2-5(10-4)6-11-7(8)13-12-6/h2-3H,1H3. The summed E-state index contributed by atoms with van der Waals surface area (Å²) in [4.78, 5) is 12.5. The molecule has 13 heavy (non-hydrogen) atoms. The Morgan fingerprint density at radius 3 is 2.85 bits per heavy atom. The minimum atomic E-state index is 0.680. The van der Waals surface area contributed by atoms with Gasteiger partial charge in [0.1, 0.15) is 11.5 Å². The van der Waals surface area contributed by atoms with Crippen LogP contribution in [0.1, 0.15) is 5.82 Å². The Balaban J connectivity index is 2.46. The van der Waals surface area contributed by atoms with Crippen molar-refractivity contribution in [2.24, 2.45) is 0 Å². The van der Waals surface area contributed by atoms with Crippen molar-refractivity contribution in [1.82, 2.24) is 19.3 Å². The predicted molar refractivity (Wildman–Crippen MR) is 58.4 cm³/mol. The van der Waals surface area contributed by atoms with Gasteiger partial charge in [-0.15, -0.1) is 0 Å². The van der Waals surface area contributed by atoms with Gasteiger partial charge in [-0.2, -0.15) is 4.37 Å². The monoisotopic (exact) mass is 304 g/mol. The first-order valence-electron chi connectivity index (χ1n) is 3.55. The highest BCUT2D eigenvalue weighted by Crippen LogP contribution is 2.16. The molecule has 0 N–H and O–H groups in total. The van der Waals surface area contributed by atoms with E-state index in [0.29, 0.717) is 5.82 Å². The van der Waals surface area contributed by atoms with E-state index in [-0.39, 0.29) is 0 Å². The van der Waals surface area contributed by atoms with Crippen molar-refractivity contribution in [2.75, 3.05) is 0 Å². The minimum absolute atomic E-state index is 0.680. The summed E-state index contributed by atoms with van der Waals surface area (Å²) in [5.41, 5.74) is 0.784. The van der Waals surface area contributed by atoms with E-state index in [1.807, 2.05) is 13.0 Å². The number of rotatable bonds is 1. The zero-order chi connectivity index (χ0) is 9.26. The quantitative estimate of drug-likeness (QED) is 0.755. The highest BCUT2D eigenvalue weighted by molar-refractivity contribution is 14.1. The molecule has 0 radical (unpaired) electrons. The van der Waals surface area contributed by atoms with Gasteiger partial charge in [-0.05, 0) is 47.1 Å². The molecule has 0 fully saturated rings. The third-order valence-corrected chi connectivity index (χ3v) is 2.74. The number of hydrogen-bond acceptors (Lipinski definition) is 5. The van der Waals surface area contributed by atoms with Crippen LogP contribution < -0.4 is 0 Å². The smallest absolute Gasteiger partial charge is 0.192 e. The van der Waals surface area contributed by atoms with Gasteiger partial charge in [-0.25, -0.2) is 15.0 Å². The second-order valence-electron chi connectivity index (χ2n) is 2.36. The summed E-state index contributed by atoms with van der Waals surface area (Å²) in [5.74, 6) is 1.42. The summed E-state index contributed by atoms with van der Waals surface area (Å²) in [6.45, 7) is 1.85. The average molecular weight is 304 g/mol. The van der Waals surface area contributed by atoms with E-state index in [4.69, 9.17) is 0 Å². The molecular formula is C7H5IN4S. The van der Waals surface area contributed by atoms with Crippen LogP contribution in [0.15, 0.2) is 12.3 Å². The lowest BCUT2D eigenvalue weighted by atomic mass is 10.4. The summed E-state index contributed by atoms with van der Waals surface area (Å²) >= 11 is 3.51. The molecule has 2 rings (SSSR count). The summed E-state index contributed by atoms with van der Waals surface area (Å²) in [6.07, 6.45) is 1.71. The number of aromatic nitrogens is 4. The van der Waals surface area contributed by atoms with Crippen LogP contribution in [0, 0.1) is 9.94 Å². The van der Waals surface area contributed by atoms with Crippen LogP contribution in [0.4, 0.5) is 0 Å². The van der Waals surface area contributed by atoms with Crippen LogP contribution in [0.2, 0.25) is 0 Å². The second-order valence-corrected chi connectivity index (χ2v) is 4.87. The van der Waals surface area contributed by atoms with Crippen LogP contribution in [0.25, 0.3) is 11.5 Å². The lowest BCUT2D eigenvalue weighted by Gasteiger charge is -1.93. The van der Waals surface area contributed by atoms with Gasteiger partial charge >= 0.3 is 0 Å². The molecule has 4 nitrogen and oxygen atoms in total. The molecule has 0 atom stereocenters. The predicted octanol–water partition coefficient (Wildman–Crippen LogP) is 1.91. The fraction of sp³-hybridized carbons (Fsp3) is 0.143. The molecule has 2 heterocycles. The molecule has 0 bridgehead atoms. The highest BCUT2D eigenvalue weighted by Gasteiger charge is 2.05. The van der Waals surface area contributed by atoms with E-state index in [0.717, 1.165) is 14.5 Å². The van der Waals surface area contributed by atoms with E-state index < -0.39 is 0 Å². The first-order valence-corrected chi connectivity index (χ1v) is 5.40. The molecular weight excluding hydrogens is 299 g/mol. The zero-order valence-electron chi connectivity index (χ0n) is 6.73. The van der Waals surface area contributed by atoms with Crippen molar-refractivity contribution in [1.29, 1.82) is 0 Å². The molecule has 2 aromatic heterocycles. The molecule has 0 spiro atoms. The maximum absolute atomic E-state index is 4.23. The Morgan fingerprint density at radius 2 is 2.23 bits per heavy atom. The SMILES string of the molecule is Cc1nccc(-c2nsc(I)n2)n1. The first kappa shape index (κ1) is 8.95. The number of aryl methyl sites for hydroxylation is 1. The van der Waals surface area contributed by atoms with Crippen molar-refractivity contribution in [3.8, 4) is 11.5 Å². The van der Waals surface area contributed by atoms with E-state index in [1.165, 1.54) is 11.5 Å². The molecule has 0 amide bonds. The average Bonchev–Trinajstić information content (AvgIpc) is 2.52. The zero-order valence-corrected chi connectivity index (χ0v) is 9.70. The Morgan fingerprint density at radius 1 is 1.38 bits per heavy atom. The molecule has 0 aliphatic carbocycles. The fourth-order valence-corrected chi connectivity index (χ4v) is 1.84. The largest absolute Gasteiger partial charge is 0.242 e. The molecule has 0 unspecified atom stereocenters. The summed E-state index contributed by atoms with van der Waals surface area (Å²) < 4.78 is 5.08. The molecule has 0 aliphatic heterocycles. The normalized spacial score (nSPS) is 10.3. The Kier molecular flexibility index (Phi) is 2.49. The van der Waals surface area contributed by atoms with Gasteiger partial charge in [0, 0.05) is 6.20 Å². The first-order chi connectivity index (χ1) is 6.25. The molecule has 6 heteroatoms. The van der Waals surface area contributed by atoms with E-state index in [1.54, 1.807) is 6.20 Å². The van der Waals surface area contributed by atoms with Crippen LogP contribution >= 0.6 is 34.1 Å². The number of nitrogens with zero attached hydrogens (tertiary/aromatic N) is 4. The molecule has 0 saturated carbocycles. The highest BCUT2D eigenvalue weighted by atomic mass is 127. The third-order valence-electron chi connectivity index (χ3n) is 1.41. The van der Waals surface area contributed by atoms with Gasteiger partial charge in [0.05, 0.1) is 0 Å². The Bertz CT molecular complexity index is 428. The van der Waals surface area contributed by atoms with Crippen LogP contribution in [-0.4, -0.2) is 19.3 Å². The van der Waals surface area contributed by atoms with Crippen LogP contribution in [0.5, 0.6) is 0 Å². The molecule has 0 aromatic carbocycles. The van der Waals surface area contributed by atoms with Crippen LogP contribution in [-0.2, 0) is 0 Å². The van der Waals surface area contributed by atoms with E-state index in [9.17, 15) is 0 Å². The van der Waals surface area contributed by atoms with Crippen molar-refractivity contribution >= 4 is 34.1 Å². The van der Waals surface area contributed by atoms with Gasteiger partial charge < -0.3 is 0 Å². The van der Waals surface area contributed by atoms with Crippen molar-refractivity contribution in [3.05, 3.63) is 21.1 Å². The summed E-state index contributed by atoms with van der Waals surface area (Å²) in [5, 5.41) is 0. The molecule has 0 saturated heterocycles. The van der Waals surface area contributed by atoms with Crippen molar-refractivity contribution in [3.63, 3.8) is 0 Å². The molecule has 66 valence electrons. The van der Waals surface area contributed by atoms with Gasteiger partial charge in [-0.1, -0.05) is 0 Å². The number of halogens is 1. The lowest BCUT2D eigenvalue weighted by molar-refractivity contribution is 1.04. The Labute approximate surface area is 92.8 Å². The van der Waals surface area contributed by atoms with Crippen molar-refractivity contribution in [2.45, 2.75) is 6.92 Å². The Hall–Kier alpha value is -0.630. The minimum Gasteiger partial charge on any atom is -0.242 e. The van der Waals surface area contributed by atoms with Crippen molar-refractivity contribution < 1.29 is 0 Å². The third kappa shape index (κ3) is 1.99.